The van der Waals surface area contributed by atoms with Gasteiger partial charge in [-0.1, -0.05) is 6.92 Å². The number of amides is 1. The number of anilines is 2. The number of hydrogen-bond donors (Lipinski definition) is 3. The lowest BCUT2D eigenvalue weighted by Gasteiger charge is -2.27. The summed E-state index contributed by atoms with van der Waals surface area (Å²) in [6.07, 6.45) is 4.59. The van der Waals surface area contributed by atoms with Gasteiger partial charge in [0.15, 0.2) is 0 Å². The van der Waals surface area contributed by atoms with Crippen LogP contribution in [0.5, 0.6) is 0 Å². The van der Waals surface area contributed by atoms with Crippen molar-refractivity contribution >= 4 is 27.9 Å². The summed E-state index contributed by atoms with van der Waals surface area (Å²) in [6.45, 7) is 2.27. The molecular formula is C14H20N4OS. The Morgan fingerprint density at radius 1 is 1.40 bits per heavy atom. The lowest BCUT2D eigenvalue weighted by atomic mass is 9.87. The Bertz CT molecular complexity index is 538. The molecule has 0 radical (unpaired) electrons. The van der Waals surface area contributed by atoms with E-state index in [2.05, 4.69) is 23.6 Å². The van der Waals surface area contributed by atoms with Gasteiger partial charge in [-0.15, -0.1) is 11.3 Å². The summed E-state index contributed by atoms with van der Waals surface area (Å²) in [4.78, 5) is 12.1. The van der Waals surface area contributed by atoms with Crippen molar-refractivity contribution in [3.05, 3.63) is 10.4 Å². The highest BCUT2D eigenvalue weighted by molar-refractivity contribution is 7.18. The van der Waals surface area contributed by atoms with Gasteiger partial charge in [-0.25, -0.2) is 0 Å². The van der Waals surface area contributed by atoms with Crippen LogP contribution in [0.4, 0.5) is 10.7 Å². The fraction of sp³-hybridized carbons (Fsp3) is 0.571. The van der Waals surface area contributed by atoms with Crippen molar-refractivity contribution in [2.75, 3.05) is 18.1 Å². The first kappa shape index (κ1) is 14.7. The number of carbonyl (C=O) groups is 1. The summed E-state index contributed by atoms with van der Waals surface area (Å²) < 4.78 is 0. The van der Waals surface area contributed by atoms with Crippen LogP contribution in [0.2, 0.25) is 0 Å². The maximum absolute atomic E-state index is 11.7. The maximum atomic E-state index is 11.7. The molecule has 0 aliphatic heterocycles. The molecule has 1 aliphatic carbocycles. The van der Waals surface area contributed by atoms with E-state index in [0.717, 1.165) is 23.8 Å². The van der Waals surface area contributed by atoms with Gasteiger partial charge in [-0.2, -0.15) is 5.26 Å². The predicted molar refractivity (Wildman–Crippen MR) is 81.9 cm³/mol. The average molecular weight is 292 g/mol. The van der Waals surface area contributed by atoms with Crippen LogP contribution in [0.25, 0.3) is 0 Å². The Hall–Kier alpha value is -1.74. The highest BCUT2D eigenvalue weighted by atomic mass is 32.1. The monoisotopic (exact) mass is 292 g/mol. The number of nitrogens with one attached hydrogen (secondary N) is 2. The molecule has 0 atom stereocenters. The quantitative estimate of drug-likeness (QED) is 0.798. The maximum Gasteiger partial charge on any atom is 0.263 e. The minimum Gasteiger partial charge on any atom is -0.396 e. The zero-order chi connectivity index (χ0) is 14.7. The summed E-state index contributed by atoms with van der Waals surface area (Å²) >= 11 is 1.27. The average Bonchev–Trinajstić information content (AvgIpc) is 2.76. The highest BCUT2D eigenvalue weighted by Gasteiger charge is 2.24. The van der Waals surface area contributed by atoms with Crippen LogP contribution in [-0.2, 0) is 0 Å². The number of nitrogens with zero attached hydrogens (tertiary/aromatic N) is 1. The van der Waals surface area contributed by atoms with Gasteiger partial charge in [0, 0.05) is 13.1 Å². The molecule has 0 unspecified atom stereocenters. The van der Waals surface area contributed by atoms with Crippen molar-refractivity contribution in [3.8, 4) is 6.07 Å². The molecule has 20 heavy (non-hydrogen) atoms. The SMILES string of the molecule is CNC(=O)c1sc(NC2CCC(C)CC2)c(C#N)c1N. The number of nitrogens with two attached hydrogens (primary N) is 1. The first-order valence-corrected chi connectivity index (χ1v) is 7.69. The molecule has 5 nitrogen and oxygen atoms in total. The minimum atomic E-state index is -0.241. The number of thiophene rings is 1. The topological polar surface area (TPSA) is 90.9 Å². The fourth-order valence-electron chi connectivity index (χ4n) is 2.53. The number of rotatable bonds is 3. The Morgan fingerprint density at radius 3 is 2.60 bits per heavy atom. The predicted octanol–water partition coefficient (Wildman–Crippen LogP) is 2.55. The van der Waals surface area contributed by atoms with Crippen LogP contribution in [-0.4, -0.2) is 19.0 Å². The minimum absolute atomic E-state index is 0.241. The van der Waals surface area contributed by atoms with Gasteiger partial charge in [0.2, 0.25) is 0 Å². The molecule has 0 spiro atoms. The molecular weight excluding hydrogens is 272 g/mol. The van der Waals surface area contributed by atoms with Gasteiger partial charge in [0.05, 0.1) is 5.69 Å². The summed E-state index contributed by atoms with van der Waals surface area (Å²) in [5.41, 5.74) is 6.58. The largest absolute Gasteiger partial charge is 0.396 e. The van der Waals surface area contributed by atoms with Crippen molar-refractivity contribution in [3.63, 3.8) is 0 Å². The molecule has 0 aromatic carbocycles. The van der Waals surface area contributed by atoms with Crippen molar-refractivity contribution in [1.29, 1.82) is 5.26 Å². The smallest absolute Gasteiger partial charge is 0.263 e. The molecule has 1 amide bonds. The Morgan fingerprint density at radius 2 is 2.05 bits per heavy atom. The third-order valence-corrected chi connectivity index (χ3v) is 4.98. The van der Waals surface area contributed by atoms with E-state index in [-0.39, 0.29) is 11.6 Å². The van der Waals surface area contributed by atoms with Gasteiger partial charge in [-0.05, 0) is 31.6 Å². The van der Waals surface area contributed by atoms with E-state index in [1.54, 1.807) is 7.05 Å². The number of nitriles is 1. The normalized spacial score (nSPS) is 22.1. The number of nitrogen functional groups attached to an aromatic ring is 1. The second-order valence-corrected chi connectivity index (χ2v) is 6.36. The summed E-state index contributed by atoms with van der Waals surface area (Å²) in [7, 11) is 1.56. The van der Waals surface area contributed by atoms with Gasteiger partial charge < -0.3 is 16.4 Å². The second kappa shape index (κ2) is 6.14. The van der Waals surface area contributed by atoms with Crippen LogP contribution >= 0.6 is 11.3 Å². The third kappa shape index (κ3) is 2.88. The van der Waals surface area contributed by atoms with Gasteiger partial charge in [-0.3, -0.25) is 4.79 Å². The van der Waals surface area contributed by atoms with Gasteiger partial charge in [0.25, 0.3) is 5.91 Å². The summed E-state index contributed by atoms with van der Waals surface area (Å²) in [6, 6.07) is 2.47. The third-order valence-electron chi connectivity index (χ3n) is 3.84. The van der Waals surface area contributed by atoms with E-state index in [1.165, 1.54) is 24.2 Å². The first-order valence-electron chi connectivity index (χ1n) is 6.87. The van der Waals surface area contributed by atoms with E-state index in [1.807, 2.05) is 0 Å². The Labute approximate surface area is 123 Å². The highest BCUT2D eigenvalue weighted by Crippen LogP contribution is 2.37. The lowest BCUT2D eigenvalue weighted by molar-refractivity contribution is 0.0968. The van der Waals surface area contributed by atoms with Crippen molar-refractivity contribution in [2.24, 2.45) is 5.92 Å². The van der Waals surface area contributed by atoms with Crippen LogP contribution in [0, 0.1) is 17.2 Å². The van der Waals surface area contributed by atoms with Crippen LogP contribution in [0.3, 0.4) is 0 Å². The summed E-state index contributed by atoms with van der Waals surface area (Å²) in [5, 5.41) is 15.9. The Balaban J connectivity index is 2.19. The number of hydrogen-bond acceptors (Lipinski definition) is 5. The molecule has 6 heteroatoms. The van der Waals surface area contributed by atoms with E-state index in [4.69, 9.17) is 5.73 Å². The van der Waals surface area contributed by atoms with Crippen molar-refractivity contribution in [1.82, 2.24) is 5.32 Å². The fourth-order valence-corrected chi connectivity index (χ4v) is 3.62. The molecule has 108 valence electrons. The van der Waals surface area contributed by atoms with Crippen molar-refractivity contribution < 1.29 is 4.79 Å². The van der Waals surface area contributed by atoms with Crippen molar-refractivity contribution in [2.45, 2.75) is 38.6 Å². The van der Waals surface area contributed by atoms with E-state index in [9.17, 15) is 10.1 Å². The molecule has 1 aromatic rings. The molecule has 2 rings (SSSR count). The standard InChI is InChI=1S/C14H20N4OS/c1-8-3-5-9(6-4-8)18-14-10(7-15)11(16)12(20-14)13(19)17-2/h8-9,18H,3-6,16H2,1-2H3,(H,17,19). The Kier molecular flexibility index (Phi) is 4.50. The first-order chi connectivity index (χ1) is 9.56. The van der Waals surface area contributed by atoms with E-state index < -0.39 is 0 Å². The van der Waals surface area contributed by atoms with Gasteiger partial charge in [0.1, 0.15) is 21.5 Å². The zero-order valence-electron chi connectivity index (χ0n) is 11.8. The zero-order valence-corrected chi connectivity index (χ0v) is 12.6. The molecule has 1 fully saturated rings. The van der Waals surface area contributed by atoms with E-state index in [0.29, 0.717) is 16.5 Å². The molecule has 1 aliphatic rings. The van der Waals surface area contributed by atoms with Crippen LogP contribution in [0.1, 0.15) is 47.8 Å². The van der Waals surface area contributed by atoms with Crippen LogP contribution < -0.4 is 16.4 Å². The molecule has 1 heterocycles. The molecule has 0 bridgehead atoms. The molecule has 1 saturated carbocycles. The molecule has 0 saturated heterocycles. The summed E-state index contributed by atoms with van der Waals surface area (Å²) in [5.74, 6) is 0.535. The number of carbonyl (C=O) groups excluding carboxylic acids is 1. The second-order valence-electron chi connectivity index (χ2n) is 5.34. The van der Waals surface area contributed by atoms with Crippen LogP contribution in [0.15, 0.2) is 0 Å². The lowest BCUT2D eigenvalue weighted by Crippen LogP contribution is -2.25. The van der Waals surface area contributed by atoms with Gasteiger partial charge >= 0.3 is 0 Å². The molecule has 1 aromatic heterocycles. The van der Waals surface area contributed by atoms with E-state index >= 15 is 0 Å². The molecule has 4 N–H and O–H groups in total.